The van der Waals surface area contributed by atoms with Gasteiger partial charge in [-0.15, -0.1) is 11.3 Å². The molecule has 1 aromatic carbocycles. The summed E-state index contributed by atoms with van der Waals surface area (Å²) >= 11 is 1.87. The summed E-state index contributed by atoms with van der Waals surface area (Å²) in [6.07, 6.45) is 2.52. The standard InChI is InChI=1S/C17H23N3S/c1-12-13(2)21-17(19-12)15-6-4-8-20(11-15)10-14-5-3-7-16(18)9-14/h3,5,7,9,15H,4,6,8,10-11,18H2,1-2H3. The predicted molar refractivity (Wildman–Crippen MR) is 89.7 cm³/mol. The van der Waals surface area contributed by atoms with Crippen LogP contribution in [0.25, 0.3) is 0 Å². The molecule has 1 saturated heterocycles. The number of benzene rings is 1. The molecule has 112 valence electrons. The molecule has 2 N–H and O–H groups in total. The van der Waals surface area contributed by atoms with Gasteiger partial charge in [-0.25, -0.2) is 4.98 Å². The van der Waals surface area contributed by atoms with Crippen LogP contribution in [0.5, 0.6) is 0 Å². The van der Waals surface area contributed by atoms with Gasteiger partial charge < -0.3 is 5.73 Å². The van der Waals surface area contributed by atoms with Crippen LogP contribution in [0.15, 0.2) is 24.3 Å². The summed E-state index contributed by atoms with van der Waals surface area (Å²) in [5.41, 5.74) is 9.23. The number of likely N-dealkylation sites (tertiary alicyclic amines) is 1. The minimum atomic E-state index is 0.595. The summed E-state index contributed by atoms with van der Waals surface area (Å²) in [5, 5.41) is 1.32. The molecule has 0 amide bonds. The fourth-order valence-electron chi connectivity index (χ4n) is 3.02. The number of hydrogen-bond donors (Lipinski definition) is 1. The molecule has 2 aromatic rings. The van der Waals surface area contributed by atoms with Crippen LogP contribution in [0, 0.1) is 13.8 Å². The minimum absolute atomic E-state index is 0.595. The second-order valence-corrected chi connectivity index (χ2v) is 7.25. The molecule has 1 unspecified atom stereocenters. The lowest BCUT2D eigenvalue weighted by Crippen LogP contribution is -2.33. The molecular formula is C17H23N3S. The van der Waals surface area contributed by atoms with E-state index in [1.165, 1.54) is 40.5 Å². The average Bonchev–Trinajstić information content (AvgIpc) is 2.79. The van der Waals surface area contributed by atoms with Crippen molar-refractivity contribution < 1.29 is 0 Å². The van der Waals surface area contributed by atoms with E-state index in [0.29, 0.717) is 5.92 Å². The highest BCUT2D eigenvalue weighted by Gasteiger charge is 2.24. The third kappa shape index (κ3) is 3.44. The Kier molecular flexibility index (Phi) is 4.27. The molecule has 4 heteroatoms. The van der Waals surface area contributed by atoms with Gasteiger partial charge in [0, 0.05) is 29.6 Å². The highest BCUT2D eigenvalue weighted by Crippen LogP contribution is 2.31. The van der Waals surface area contributed by atoms with E-state index in [1.807, 2.05) is 23.5 Å². The number of piperidine rings is 1. The first-order chi connectivity index (χ1) is 10.1. The smallest absolute Gasteiger partial charge is 0.0974 e. The molecule has 1 fully saturated rings. The van der Waals surface area contributed by atoms with E-state index in [4.69, 9.17) is 10.7 Å². The predicted octanol–water partition coefficient (Wildman–Crippen LogP) is 3.72. The lowest BCUT2D eigenvalue weighted by molar-refractivity contribution is 0.200. The van der Waals surface area contributed by atoms with Crippen molar-refractivity contribution in [1.29, 1.82) is 0 Å². The molecule has 0 radical (unpaired) electrons. The molecule has 0 aliphatic carbocycles. The summed E-state index contributed by atoms with van der Waals surface area (Å²) in [4.78, 5) is 8.66. The number of rotatable bonds is 3. The van der Waals surface area contributed by atoms with Gasteiger partial charge >= 0.3 is 0 Å². The van der Waals surface area contributed by atoms with Crippen molar-refractivity contribution in [2.24, 2.45) is 0 Å². The SMILES string of the molecule is Cc1nc(C2CCCN(Cc3cccc(N)c3)C2)sc1C. The van der Waals surface area contributed by atoms with E-state index < -0.39 is 0 Å². The van der Waals surface area contributed by atoms with Gasteiger partial charge in [-0.3, -0.25) is 4.90 Å². The van der Waals surface area contributed by atoms with Crippen molar-refractivity contribution in [2.45, 2.75) is 39.2 Å². The van der Waals surface area contributed by atoms with Crippen LogP contribution >= 0.6 is 11.3 Å². The molecule has 1 aliphatic heterocycles. The second-order valence-electron chi connectivity index (χ2n) is 6.01. The van der Waals surface area contributed by atoms with Crippen LogP contribution in [0.4, 0.5) is 5.69 Å². The van der Waals surface area contributed by atoms with Crippen molar-refractivity contribution in [3.8, 4) is 0 Å². The quantitative estimate of drug-likeness (QED) is 0.879. The van der Waals surface area contributed by atoms with Crippen LogP contribution < -0.4 is 5.73 Å². The largest absolute Gasteiger partial charge is 0.399 e. The van der Waals surface area contributed by atoms with Crippen molar-refractivity contribution in [1.82, 2.24) is 9.88 Å². The van der Waals surface area contributed by atoms with Crippen LogP contribution in [-0.2, 0) is 6.54 Å². The van der Waals surface area contributed by atoms with Crippen molar-refractivity contribution in [3.63, 3.8) is 0 Å². The molecular weight excluding hydrogens is 278 g/mol. The lowest BCUT2D eigenvalue weighted by atomic mass is 9.98. The van der Waals surface area contributed by atoms with Gasteiger partial charge in [-0.05, 0) is 50.9 Å². The number of thiazole rings is 1. The Balaban J connectivity index is 1.68. The minimum Gasteiger partial charge on any atom is -0.399 e. The monoisotopic (exact) mass is 301 g/mol. The van der Waals surface area contributed by atoms with E-state index in [-0.39, 0.29) is 0 Å². The Morgan fingerprint density at radius 2 is 2.24 bits per heavy atom. The maximum Gasteiger partial charge on any atom is 0.0974 e. The number of aryl methyl sites for hydroxylation is 2. The Labute approximate surface area is 130 Å². The molecule has 1 aliphatic rings. The van der Waals surface area contributed by atoms with Gasteiger partial charge in [0.15, 0.2) is 0 Å². The molecule has 0 spiro atoms. The number of anilines is 1. The highest BCUT2D eigenvalue weighted by molar-refractivity contribution is 7.11. The Bertz CT molecular complexity index is 601. The number of nitrogens with two attached hydrogens (primary N) is 1. The van der Waals surface area contributed by atoms with E-state index in [1.54, 1.807) is 0 Å². The molecule has 1 aromatic heterocycles. The van der Waals surface area contributed by atoms with E-state index in [2.05, 4.69) is 30.9 Å². The van der Waals surface area contributed by atoms with E-state index >= 15 is 0 Å². The van der Waals surface area contributed by atoms with Gasteiger partial charge in [0.1, 0.15) is 0 Å². The maximum atomic E-state index is 5.87. The van der Waals surface area contributed by atoms with Gasteiger partial charge in [-0.2, -0.15) is 0 Å². The molecule has 0 saturated carbocycles. The third-order valence-electron chi connectivity index (χ3n) is 4.26. The van der Waals surface area contributed by atoms with Gasteiger partial charge in [0.25, 0.3) is 0 Å². The zero-order valence-corrected chi connectivity index (χ0v) is 13.6. The number of nitrogen functional groups attached to an aromatic ring is 1. The van der Waals surface area contributed by atoms with Gasteiger partial charge in [0.2, 0.25) is 0 Å². The maximum absolute atomic E-state index is 5.87. The zero-order valence-electron chi connectivity index (χ0n) is 12.8. The number of aromatic nitrogens is 1. The average molecular weight is 301 g/mol. The first-order valence-electron chi connectivity index (χ1n) is 7.62. The highest BCUT2D eigenvalue weighted by atomic mass is 32.1. The fraction of sp³-hybridized carbons (Fsp3) is 0.471. The van der Waals surface area contributed by atoms with Gasteiger partial charge in [-0.1, -0.05) is 12.1 Å². The van der Waals surface area contributed by atoms with Crippen LogP contribution in [-0.4, -0.2) is 23.0 Å². The Morgan fingerprint density at radius 3 is 2.95 bits per heavy atom. The van der Waals surface area contributed by atoms with Crippen LogP contribution in [0.3, 0.4) is 0 Å². The second kappa shape index (κ2) is 6.16. The summed E-state index contributed by atoms with van der Waals surface area (Å²) in [6, 6.07) is 8.24. The Morgan fingerprint density at radius 1 is 1.38 bits per heavy atom. The number of hydrogen-bond acceptors (Lipinski definition) is 4. The molecule has 0 bridgehead atoms. The molecule has 21 heavy (non-hydrogen) atoms. The first-order valence-corrected chi connectivity index (χ1v) is 8.44. The summed E-state index contributed by atoms with van der Waals surface area (Å²) in [7, 11) is 0. The van der Waals surface area contributed by atoms with E-state index in [9.17, 15) is 0 Å². The summed E-state index contributed by atoms with van der Waals surface area (Å²) in [5.74, 6) is 0.595. The lowest BCUT2D eigenvalue weighted by Gasteiger charge is -2.31. The van der Waals surface area contributed by atoms with Crippen LogP contribution in [0.1, 0.15) is 39.9 Å². The molecule has 3 nitrogen and oxygen atoms in total. The van der Waals surface area contributed by atoms with E-state index in [0.717, 1.165) is 18.8 Å². The third-order valence-corrected chi connectivity index (χ3v) is 5.49. The summed E-state index contributed by atoms with van der Waals surface area (Å²) in [6.45, 7) is 7.56. The topological polar surface area (TPSA) is 42.2 Å². The molecule has 1 atom stereocenters. The summed E-state index contributed by atoms with van der Waals surface area (Å²) < 4.78 is 0. The van der Waals surface area contributed by atoms with Crippen LogP contribution in [0.2, 0.25) is 0 Å². The van der Waals surface area contributed by atoms with Crippen molar-refractivity contribution >= 4 is 17.0 Å². The van der Waals surface area contributed by atoms with Crippen molar-refractivity contribution in [2.75, 3.05) is 18.8 Å². The fourth-order valence-corrected chi connectivity index (χ4v) is 4.07. The number of nitrogens with zero attached hydrogens (tertiary/aromatic N) is 2. The zero-order chi connectivity index (χ0) is 14.8. The Hall–Kier alpha value is -1.39. The van der Waals surface area contributed by atoms with Gasteiger partial charge in [0.05, 0.1) is 10.7 Å². The normalized spacial score (nSPS) is 19.8. The first kappa shape index (κ1) is 14.5. The van der Waals surface area contributed by atoms with Crippen molar-refractivity contribution in [3.05, 3.63) is 45.4 Å². The molecule has 3 rings (SSSR count). The molecule has 2 heterocycles.